The molecule has 0 aliphatic heterocycles. The molecule has 80 valence electrons. The van der Waals surface area contributed by atoms with Gasteiger partial charge in [0.15, 0.2) is 0 Å². The van der Waals surface area contributed by atoms with Gasteiger partial charge < -0.3 is 9.97 Å². The summed E-state index contributed by atoms with van der Waals surface area (Å²) < 4.78 is 0. The summed E-state index contributed by atoms with van der Waals surface area (Å²) in [6.07, 6.45) is 1.07. The van der Waals surface area contributed by atoms with E-state index < -0.39 is 0 Å². The van der Waals surface area contributed by atoms with Crippen molar-refractivity contribution in [2.45, 2.75) is 33.1 Å². The summed E-state index contributed by atoms with van der Waals surface area (Å²) in [7, 11) is 0. The van der Waals surface area contributed by atoms with Gasteiger partial charge in [0, 0.05) is 0 Å². The van der Waals surface area contributed by atoms with Crippen molar-refractivity contribution in [3.8, 4) is 0 Å². The van der Waals surface area contributed by atoms with Gasteiger partial charge in [-0.15, -0.1) is 0 Å². The number of benzene rings is 1. The van der Waals surface area contributed by atoms with Gasteiger partial charge in [0.05, 0.1) is 11.0 Å². The molecule has 3 nitrogen and oxygen atoms in total. The molecule has 1 atom stereocenters. The minimum absolute atomic E-state index is 0.121. The minimum Gasteiger partial charge on any atom is -0.305 e. The highest BCUT2D eigenvalue weighted by molar-refractivity contribution is 5.81. The van der Waals surface area contributed by atoms with E-state index >= 15 is 0 Å². The number of hydrogen-bond acceptors (Lipinski definition) is 1. The van der Waals surface area contributed by atoms with Crippen molar-refractivity contribution < 1.29 is 0 Å². The second-order valence-electron chi connectivity index (χ2n) is 4.11. The largest absolute Gasteiger partial charge is 0.323 e. The maximum absolute atomic E-state index is 11.3. The SMILES string of the molecule is CCC(C)c1ccc(C)c2[nH]c(=O)[nH]c12. The van der Waals surface area contributed by atoms with E-state index in [2.05, 4.69) is 35.9 Å². The molecule has 1 aromatic carbocycles. The van der Waals surface area contributed by atoms with Crippen LogP contribution in [0.1, 0.15) is 37.3 Å². The molecule has 1 heterocycles. The van der Waals surface area contributed by atoms with E-state index in [1.807, 2.05) is 6.92 Å². The molecular weight excluding hydrogens is 188 g/mol. The molecule has 1 aromatic heterocycles. The summed E-state index contributed by atoms with van der Waals surface area (Å²) in [6, 6.07) is 4.17. The molecule has 3 heteroatoms. The Kier molecular flexibility index (Phi) is 2.39. The zero-order valence-corrected chi connectivity index (χ0v) is 9.35. The molecule has 0 aliphatic rings. The van der Waals surface area contributed by atoms with Crippen molar-refractivity contribution >= 4 is 11.0 Å². The first-order valence-electron chi connectivity index (χ1n) is 5.35. The van der Waals surface area contributed by atoms with Gasteiger partial charge in [-0.2, -0.15) is 0 Å². The first-order valence-corrected chi connectivity index (χ1v) is 5.35. The van der Waals surface area contributed by atoms with Crippen molar-refractivity contribution in [3.05, 3.63) is 33.7 Å². The minimum atomic E-state index is -0.121. The summed E-state index contributed by atoms with van der Waals surface area (Å²) >= 11 is 0. The van der Waals surface area contributed by atoms with Crippen LogP contribution in [0.15, 0.2) is 16.9 Å². The van der Waals surface area contributed by atoms with Crippen molar-refractivity contribution in [1.29, 1.82) is 0 Å². The number of fused-ring (bicyclic) bond motifs is 1. The Hall–Kier alpha value is -1.51. The lowest BCUT2D eigenvalue weighted by atomic mass is 9.96. The Morgan fingerprint density at radius 3 is 2.60 bits per heavy atom. The lowest BCUT2D eigenvalue weighted by Crippen LogP contribution is -2.00. The number of aryl methyl sites for hydroxylation is 1. The predicted octanol–water partition coefficient (Wildman–Crippen LogP) is 2.68. The van der Waals surface area contributed by atoms with E-state index in [0.29, 0.717) is 5.92 Å². The van der Waals surface area contributed by atoms with E-state index in [4.69, 9.17) is 0 Å². The van der Waals surface area contributed by atoms with Crippen molar-refractivity contribution in [3.63, 3.8) is 0 Å². The number of aromatic amines is 2. The van der Waals surface area contributed by atoms with Gasteiger partial charge in [0.2, 0.25) is 0 Å². The summed E-state index contributed by atoms with van der Waals surface area (Å²) in [5, 5.41) is 0. The summed E-state index contributed by atoms with van der Waals surface area (Å²) in [5.41, 5.74) is 4.11. The molecule has 15 heavy (non-hydrogen) atoms. The second-order valence-corrected chi connectivity index (χ2v) is 4.11. The Morgan fingerprint density at radius 1 is 1.27 bits per heavy atom. The highest BCUT2D eigenvalue weighted by atomic mass is 16.1. The lowest BCUT2D eigenvalue weighted by Gasteiger charge is -2.10. The third-order valence-corrected chi connectivity index (χ3v) is 3.07. The van der Waals surface area contributed by atoms with Gasteiger partial charge in [0.25, 0.3) is 0 Å². The van der Waals surface area contributed by atoms with Gasteiger partial charge in [-0.1, -0.05) is 26.0 Å². The van der Waals surface area contributed by atoms with Crippen LogP contribution in [0.3, 0.4) is 0 Å². The molecule has 2 N–H and O–H groups in total. The molecule has 0 aliphatic carbocycles. The van der Waals surface area contributed by atoms with Crippen LogP contribution in [0, 0.1) is 6.92 Å². The van der Waals surface area contributed by atoms with Gasteiger partial charge >= 0.3 is 5.69 Å². The van der Waals surface area contributed by atoms with E-state index in [0.717, 1.165) is 23.0 Å². The molecule has 2 rings (SSSR count). The Morgan fingerprint density at radius 2 is 1.93 bits per heavy atom. The molecule has 0 spiro atoms. The van der Waals surface area contributed by atoms with Crippen LogP contribution in [0.4, 0.5) is 0 Å². The van der Waals surface area contributed by atoms with Crippen molar-refractivity contribution in [1.82, 2.24) is 9.97 Å². The van der Waals surface area contributed by atoms with Crippen LogP contribution in [-0.2, 0) is 0 Å². The molecule has 0 radical (unpaired) electrons. The zero-order valence-electron chi connectivity index (χ0n) is 9.35. The Balaban J connectivity index is 2.76. The average molecular weight is 204 g/mol. The van der Waals surface area contributed by atoms with Crippen LogP contribution in [0.25, 0.3) is 11.0 Å². The Bertz CT molecular complexity index is 536. The highest BCUT2D eigenvalue weighted by Gasteiger charge is 2.11. The van der Waals surface area contributed by atoms with E-state index in [-0.39, 0.29) is 5.69 Å². The third-order valence-electron chi connectivity index (χ3n) is 3.07. The number of H-pyrrole nitrogens is 2. The van der Waals surface area contributed by atoms with Gasteiger partial charge in [0.1, 0.15) is 0 Å². The smallest absolute Gasteiger partial charge is 0.305 e. The molecule has 2 aromatic rings. The summed E-state index contributed by atoms with van der Waals surface area (Å²) in [5.74, 6) is 0.472. The molecule has 0 fully saturated rings. The van der Waals surface area contributed by atoms with Crippen molar-refractivity contribution in [2.75, 3.05) is 0 Å². The van der Waals surface area contributed by atoms with Gasteiger partial charge in [-0.05, 0) is 30.4 Å². The van der Waals surface area contributed by atoms with E-state index in [9.17, 15) is 4.79 Å². The van der Waals surface area contributed by atoms with Crippen molar-refractivity contribution in [2.24, 2.45) is 0 Å². The molecule has 0 amide bonds. The first kappa shape index (κ1) is 10.0. The molecule has 0 bridgehead atoms. The quantitative estimate of drug-likeness (QED) is 0.776. The fourth-order valence-electron chi connectivity index (χ4n) is 1.91. The number of nitrogens with one attached hydrogen (secondary N) is 2. The maximum atomic E-state index is 11.3. The highest BCUT2D eigenvalue weighted by Crippen LogP contribution is 2.26. The fraction of sp³-hybridized carbons (Fsp3) is 0.417. The molecular formula is C12H16N2O. The molecule has 1 unspecified atom stereocenters. The molecule has 0 saturated carbocycles. The zero-order chi connectivity index (χ0) is 11.0. The maximum Gasteiger partial charge on any atom is 0.323 e. The summed E-state index contributed by atoms with van der Waals surface area (Å²) in [6.45, 7) is 6.34. The number of imidazole rings is 1. The van der Waals surface area contributed by atoms with Crippen LogP contribution in [-0.4, -0.2) is 9.97 Å². The van der Waals surface area contributed by atoms with Crippen LogP contribution in [0.2, 0.25) is 0 Å². The Labute approximate surface area is 88.5 Å². The van der Waals surface area contributed by atoms with Crippen LogP contribution in [0.5, 0.6) is 0 Å². The number of rotatable bonds is 2. The number of hydrogen-bond donors (Lipinski definition) is 2. The topological polar surface area (TPSA) is 48.6 Å². The second kappa shape index (κ2) is 3.57. The predicted molar refractivity (Wildman–Crippen MR) is 62.4 cm³/mol. The monoisotopic (exact) mass is 204 g/mol. The van der Waals surface area contributed by atoms with Crippen LogP contribution < -0.4 is 5.69 Å². The standard InChI is InChI=1S/C12H16N2O/c1-4-7(2)9-6-5-8(3)10-11(9)14-12(15)13-10/h5-7H,4H2,1-3H3,(H2,13,14,15). The fourth-order valence-corrected chi connectivity index (χ4v) is 1.91. The first-order chi connectivity index (χ1) is 7.13. The average Bonchev–Trinajstić information content (AvgIpc) is 2.60. The van der Waals surface area contributed by atoms with E-state index in [1.54, 1.807) is 0 Å². The van der Waals surface area contributed by atoms with E-state index in [1.165, 1.54) is 5.56 Å². The lowest BCUT2D eigenvalue weighted by molar-refractivity contribution is 0.738. The van der Waals surface area contributed by atoms with Gasteiger partial charge in [-0.25, -0.2) is 4.79 Å². The third kappa shape index (κ3) is 1.58. The number of aromatic nitrogens is 2. The van der Waals surface area contributed by atoms with Gasteiger partial charge in [-0.3, -0.25) is 0 Å². The normalized spacial score (nSPS) is 13.3. The van der Waals surface area contributed by atoms with Crippen LogP contribution >= 0.6 is 0 Å². The summed E-state index contributed by atoms with van der Waals surface area (Å²) in [4.78, 5) is 17.0. The molecule has 0 saturated heterocycles.